The largest absolute Gasteiger partial charge is 0.333 e. The van der Waals surface area contributed by atoms with Crippen LogP contribution in [0.4, 0.5) is 4.79 Å². The van der Waals surface area contributed by atoms with Crippen LogP contribution in [0.15, 0.2) is 48.5 Å². The van der Waals surface area contributed by atoms with E-state index in [2.05, 4.69) is 23.5 Å². The molecule has 0 spiro atoms. The molecule has 7 rings (SSSR count). The van der Waals surface area contributed by atoms with E-state index >= 15 is 0 Å². The Bertz CT molecular complexity index is 1360. The van der Waals surface area contributed by atoms with Crippen molar-refractivity contribution in [3.8, 4) is 17.3 Å². The first kappa shape index (κ1) is 24.0. The van der Waals surface area contributed by atoms with E-state index in [9.17, 15) is 4.79 Å². The third-order valence-corrected chi connectivity index (χ3v) is 9.16. The molecule has 37 heavy (non-hydrogen) atoms. The smallest absolute Gasteiger partial charge is 0.318 e. The lowest BCUT2D eigenvalue weighted by molar-refractivity contribution is 0.0751. The van der Waals surface area contributed by atoms with Crippen molar-refractivity contribution < 1.29 is 4.79 Å². The van der Waals surface area contributed by atoms with E-state index in [4.69, 9.17) is 27.7 Å². The summed E-state index contributed by atoms with van der Waals surface area (Å²) in [5.74, 6) is 0. The van der Waals surface area contributed by atoms with Crippen LogP contribution < -0.4 is 11.1 Å². The highest BCUT2D eigenvalue weighted by Gasteiger charge is 2.50. The van der Waals surface area contributed by atoms with Crippen molar-refractivity contribution in [2.75, 3.05) is 6.54 Å². The first-order valence-corrected chi connectivity index (χ1v) is 13.4. The Balaban J connectivity index is 1.15. The van der Waals surface area contributed by atoms with Crippen LogP contribution in [0, 0.1) is 11.3 Å². The fourth-order valence-corrected chi connectivity index (χ4v) is 6.83. The molecule has 4 aliphatic rings. The van der Waals surface area contributed by atoms with E-state index in [1.165, 1.54) is 5.56 Å². The topological polar surface area (TPSA) is 100.0 Å². The maximum Gasteiger partial charge on any atom is 0.318 e. The van der Waals surface area contributed by atoms with Gasteiger partial charge in [0, 0.05) is 34.8 Å². The van der Waals surface area contributed by atoms with Crippen molar-refractivity contribution in [1.82, 2.24) is 20.0 Å². The number of amides is 2. The number of hydrogen-bond acceptors (Lipinski definition) is 4. The summed E-state index contributed by atoms with van der Waals surface area (Å²) >= 11 is 6.22. The van der Waals surface area contributed by atoms with Gasteiger partial charge in [0.1, 0.15) is 0 Å². The average molecular weight is 515 g/mol. The Kier molecular flexibility index (Phi) is 5.97. The van der Waals surface area contributed by atoms with Gasteiger partial charge in [-0.05, 0) is 73.8 Å². The van der Waals surface area contributed by atoms with Crippen molar-refractivity contribution in [3.05, 3.63) is 75.9 Å². The summed E-state index contributed by atoms with van der Waals surface area (Å²) in [6.45, 7) is 2.11. The molecule has 3 aromatic rings. The standard InChI is InChI=1S/C29H31ClN6O/c30-23-3-1-2-21(16-23)26-24(18-32)25-19-35(14-15-36(25)34-26)27(37)33-29-11-8-28(9-12-29,10-13-29)22-6-4-20(17-31)5-7-22/h1-7,16H,8-15,18-19,32H2,(H,33,37). The highest BCUT2D eigenvalue weighted by molar-refractivity contribution is 6.30. The molecule has 0 saturated heterocycles. The van der Waals surface area contributed by atoms with E-state index in [1.807, 2.05) is 46.0 Å². The molecule has 2 amide bonds. The maximum atomic E-state index is 13.5. The van der Waals surface area contributed by atoms with E-state index in [0.29, 0.717) is 36.8 Å². The zero-order chi connectivity index (χ0) is 25.6. The number of nitrogens with two attached hydrogens (primary N) is 1. The van der Waals surface area contributed by atoms with Gasteiger partial charge < -0.3 is 16.0 Å². The number of carbonyl (C=O) groups excluding carboxylic acids is 1. The molecular weight excluding hydrogens is 484 g/mol. The molecule has 0 unspecified atom stereocenters. The predicted octanol–water partition coefficient (Wildman–Crippen LogP) is 5.10. The second-order valence-corrected chi connectivity index (χ2v) is 11.2. The van der Waals surface area contributed by atoms with Crippen LogP contribution in [0.25, 0.3) is 11.3 Å². The number of urea groups is 1. The van der Waals surface area contributed by atoms with Crippen LogP contribution >= 0.6 is 11.6 Å². The maximum absolute atomic E-state index is 13.5. The molecule has 3 fully saturated rings. The highest BCUT2D eigenvalue weighted by atomic mass is 35.5. The third-order valence-electron chi connectivity index (χ3n) is 8.92. The van der Waals surface area contributed by atoms with Gasteiger partial charge in [0.05, 0.1) is 36.1 Å². The first-order valence-electron chi connectivity index (χ1n) is 13.1. The number of nitriles is 1. The van der Waals surface area contributed by atoms with Gasteiger partial charge in [-0.2, -0.15) is 10.4 Å². The van der Waals surface area contributed by atoms with Gasteiger partial charge in [0.2, 0.25) is 0 Å². The van der Waals surface area contributed by atoms with Gasteiger partial charge in [0.15, 0.2) is 0 Å². The Labute approximate surface area is 222 Å². The second kappa shape index (κ2) is 9.20. The Morgan fingerprint density at radius 3 is 2.46 bits per heavy atom. The van der Waals surface area contributed by atoms with Crippen LogP contribution in [0.3, 0.4) is 0 Å². The van der Waals surface area contributed by atoms with E-state index in [0.717, 1.165) is 61.0 Å². The third kappa shape index (κ3) is 4.18. The van der Waals surface area contributed by atoms with E-state index < -0.39 is 0 Å². The van der Waals surface area contributed by atoms with Crippen molar-refractivity contribution in [2.45, 2.75) is 69.1 Å². The molecule has 2 bridgehead atoms. The number of aromatic nitrogens is 2. The Morgan fingerprint density at radius 1 is 1.08 bits per heavy atom. The van der Waals surface area contributed by atoms with Crippen LogP contribution in [-0.2, 0) is 25.0 Å². The van der Waals surface area contributed by atoms with Gasteiger partial charge in [-0.15, -0.1) is 0 Å². The number of fused-ring (bicyclic) bond motifs is 4. The van der Waals surface area contributed by atoms with Gasteiger partial charge in [0.25, 0.3) is 0 Å². The summed E-state index contributed by atoms with van der Waals surface area (Å²) in [5, 5.41) is 18.1. The number of nitrogens with zero attached hydrogens (tertiary/aromatic N) is 4. The number of carbonyl (C=O) groups is 1. The number of halogens is 1. The van der Waals surface area contributed by atoms with Gasteiger partial charge in [-0.1, -0.05) is 35.9 Å². The molecule has 7 nitrogen and oxygen atoms in total. The van der Waals surface area contributed by atoms with Crippen molar-refractivity contribution >= 4 is 17.6 Å². The van der Waals surface area contributed by atoms with Gasteiger partial charge in [-0.3, -0.25) is 4.68 Å². The molecule has 3 aliphatic carbocycles. The zero-order valence-electron chi connectivity index (χ0n) is 20.8. The molecule has 8 heteroatoms. The van der Waals surface area contributed by atoms with Crippen molar-refractivity contribution in [3.63, 3.8) is 0 Å². The molecule has 190 valence electrons. The molecule has 1 aliphatic heterocycles. The summed E-state index contributed by atoms with van der Waals surface area (Å²) < 4.78 is 1.99. The fourth-order valence-electron chi connectivity index (χ4n) is 6.64. The highest BCUT2D eigenvalue weighted by Crippen LogP contribution is 2.53. The summed E-state index contributed by atoms with van der Waals surface area (Å²) in [6.07, 6.45) is 6.14. The molecule has 0 radical (unpaired) electrons. The summed E-state index contributed by atoms with van der Waals surface area (Å²) in [6, 6.07) is 18.0. The zero-order valence-corrected chi connectivity index (χ0v) is 21.6. The minimum atomic E-state index is -0.133. The van der Waals surface area contributed by atoms with Gasteiger partial charge >= 0.3 is 6.03 Å². The lowest BCUT2D eigenvalue weighted by atomic mass is 9.55. The SMILES string of the molecule is N#Cc1ccc(C23CCC(NC(=O)N4CCn5nc(-c6cccc(Cl)c6)c(CN)c5C4)(CC2)CC3)cc1. The molecule has 3 N–H and O–H groups in total. The Morgan fingerprint density at radius 2 is 1.81 bits per heavy atom. The van der Waals surface area contributed by atoms with Crippen LogP contribution in [0.2, 0.25) is 5.02 Å². The lowest BCUT2D eigenvalue weighted by Gasteiger charge is -2.54. The number of rotatable bonds is 4. The van der Waals surface area contributed by atoms with Crippen molar-refractivity contribution in [2.24, 2.45) is 5.73 Å². The monoisotopic (exact) mass is 514 g/mol. The quantitative estimate of drug-likeness (QED) is 0.505. The summed E-state index contributed by atoms with van der Waals surface area (Å²) in [5.41, 5.74) is 12.0. The van der Waals surface area contributed by atoms with Crippen LogP contribution in [0.5, 0.6) is 0 Å². The lowest BCUT2D eigenvalue weighted by Crippen LogP contribution is -2.60. The first-order chi connectivity index (χ1) is 17.9. The fraction of sp³-hybridized carbons (Fsp3) is 0.414. The molecule has 2 aromatic carbocycles. The normalized spacial score (nSPS) is 24.4. The predicted molar refractivity (Wildman–Crippen MR) is 143 cm³/mol. The molecule has 3 saturated carbocycles. The minimum Gasteiger partial charge on any atom is -0.333 e. The van der Waals surface area contributed by atoms with E-state index in [1.54, 1.807) is 0 Å². The molecular formula is C29H31ClN6O. The molecule has 2 heterocycles. The number of nitrogens with one attached hydrogen (secondary N) is 1. The number of hydrogen-bond donors (Lipinski definition) is 2. The average Bonchev–Trinajstić information content (AvgIpc) is 3.32. The Hall–Kier alpha value is -3.34. The summed E-state index contributed by atoms with van der Waals surface area (Å²) in [7, 11) is 0. The van der Waals surface area contributed by atoms with Crippen LogP contribution in [-0.4, -0.2) is 32.8 Å². The van der Waals surface area contributed by atoms with Crippen LogP contribution in [0.1, 0.15) is 60.9 Å². The van der Waals surface area contributed by atoms with Gasteiger partial charge in [-0.25, -0.2) is 4.79 Å². The molecule has 1 aromatic heterocycles. The van der Waals surface area contributed by atoms with E-state index in [-0.39, 0.29) is 17.0 Å². The minimum absolute atomic E-state index is 0.00694. The number of benzene rings is 2. The summed E-state index contributed by atoms with van der Waals surface area (Å²) in [4.78, 5) is 15.4. The molecule has 0 atom stereocenters. The second-order valence-electron chi connectivity index (χ2n) is 10.8. The van der Waals surface area contributed by atoms with Crippen molar-refractivity contribution in [1.29, 1.82) is 5.26 Å².